The average molecular weight is 423 g/mol. The molecule has 0 bridgehead atoms. The summed E-state index contributed by atoms with van der Waals surface area (Å²) in [6.45, 7) is 12.2. The Hall–Kier alpha value is -2.86. The van der Waals surface area contributed by atoms with Gasteiger partial charge >= 0.3 is 0 Å². The molecule has 0 N–H and O–H groups in total. The molecule has 3 aromatic carbocycles. The SMILES string of the molecule is C=C/C=C\CCCCCC1(c2ccccc2)c2cc(C)ccc2-c2ccc(C)cc21.CC. The molecule has 166 valence electrons. The Labute approximate surface area is 195 Å². The van der Waals surface area contributed by atoms with Crippen molar-refractivity contribution in [1.82, 2.24) is 0 Å². The fourth-order valence-electron chi connectivity index (χ4n) is 5.11. The van der Waals surface area contributed by atoms with Gasteiger partial charge in [-0.1, -0.05) is 129 Å². The number of benzene rings is 3. The lowest BCUT2D eigenvalue weighted by atomic mass is 9.69. The van der Waals surface area contributed by atoms with Crippen LogP contribution in [0.1, 0.15) is 73.8 Å². The average Bonchev–Trinajstić information content (AvgIpc) is 3.09. The summed E-state index contributed by atoms with van der Waals surface area (Å²) in [6, 6.07) is 25.2. The van der Waals surface area contributed by atoms with Crippen LogP contribution in [0.4, 0.5) is 0 Å². The van der Waals surface area contributed by atoms with E-state index in [1.54, 1.807) is 0 Å². The fourth-order valence-corrected chi connectivity index (χ4v) is 5.11. The molecule has 0 heterocycles. The number of allylic oxidation sites excluding steroid dienone is 3. The summed E-state index contributed by atoms with van der Waals surface area (Å²) in [6.07, 6.45) is 12.1. The van der Waals surface area contributed by atoms with Crippen LogP contribution in [0.15, 0.2) is 91.5 Å². The van der Waals surface area contributed by atoms with Crippen LogP contribution in [0, 0.1) is 13.8 Å². The number of hydrogen-bond acceptors (Lipinski definition) is 0. The van der Waals surface area contributed by atoms with Crippen molar-refractivity contribution in [2.75, 3.05) is 0 Å². The van der Waals surface area contributed by atoms with Gasteiger partial charge in [0.1, 0.15) is 0 Å². The van der Waals surface area contributed by atoms with Crippen LogP contribution in [-0.2, 0) is 5.41 Å². The molecule has 1 aliphatic carbocycles. The first-order valence-corrected chi connectivity index (χ1v) is 12.2. The normalized spacial score (nSPS) is 13.2. The van der Waals surface area contributed by atoms with Crippen molar-refractivity contribution in [2.24, 2.45) is 0 Å². The van der Waals surface area contributed by atoms with E-state index < -0.39 is 0 Å². The monoisotopic (exact) mass is 422 g/mol. The van der Waals surface area contributed by atoms with E-state index in [9.17, 15) is 0 Å². The van der Waals surface area contributed by atoms with E-state index in [1.807, 2.05) is 19.9 Å². The first-order chi connectivity index (χ1) is 15.7. The van der Waals surface area contributed by atoms with Crippen molar-refractivity contribution >= 4 is 0 Å². The second-order valence-corrected chi connectivity index (χ2v) is 8.63. The lowest BCUT2D eigenvalue weighted by molar-refractivity contribution is 0.519. The third-order valence-electron chi connectivity index (χ3n) is 6.52. The fraction of sp³-hybridized carbons (Fsp3) is 0.312. The summed E-state index contributed by atoms with van der Waals surface area (Å²) in [5.41, 5.74) is 9.85. The third kappa shape index (κ3) is 4.65. The summed E-state index contributed by atoms with van der Waals surface area (Å²) in [4.78, 5) is 0. The molecular weight excluding hydrogens is 384 g/mol. The van der Waals surface area contributed by atoms with Gasteiger partial charge in [0, 0.05) is 5.41 Å². The van der Waals surface area contributed by atoms with Crippen LogP contribution < -0.4 is 0 Å². The lowest BCUT2D eigenvalue weighted by Gasteiger charge is -2.33. The Bertz CT molecular complexity index is 1000. The van der Waals surface area contributed by atoms with Gasteiger partial charge in [-0.15, -0.1) is 0 Å². The highest BCUT2D eigenvalue weighted by Crippen LogP contribution is 2.55. The van der Waals surface area contributed by atoms with Gasteiger partial charge in [0.25, 0.3) is 0 Å². The number of aryl methyl sites for hydroxylation is 2. The number of rotatable bonds is 8. The van der Waals surface area contributed by atoms with Gasteiger partial charge < -0.3 is 0 Å². The maximum Gasteiger partial charge on any atom is 0.0463 e. The molecular formula is C32H38. The molecule has 0 unspecified atom stereocenters. The highest BCUT2D eigenvalue weighted by Gasteiger charge is 2.44. The standard InChI is InChI=1S/C30H32.C2H6/c1-4-5-6-7-8-9-13-20-30(25-14-11-10-12-15-25)28-21-23(2)16-18-26(28)27-19-17-24(3)22-29(27)30;1-2/h4-6,10-12,14-19,21-22H,1,7-9,13,20H2,2-3H3;1-2H3/b6-5-;. The minimum Gasteiger partial charge on any atom is -0.0991 e. The first-order valence-electron chi connectivity index (χ1n) is 12.2. The summed E-state index contributed by atoms with van der Waals surface area (Å²) < 4.78 is 0. The lowest BCUT2D eigenvalue weighted by Crippen LogP contribution is -2.27. The van der Waals surface area contributed by atoms with Crippen molar-refractivity contribution < 1.29 is 0 Å². The molecule has 3 aromatic rings. The van der Waals surface area contributed by atoms with Gasteiger partial charge in [0.05, 0.1) is 0 Å². The second-order valence-electron chi connectivity index (χ2n) is 8.63. The summed E-state index contributed by atoms with van der Waals surface area (Å²) >= 11 is 0. The Morgan fingerprint density at radius 1 is 0.750 bits per heavy atom. The van der Waals surface area contributed by atoms with Gasteiger partial charge in [-0.25, -0.2) is 0 Å². The number of hydrogen-bond donors (Lipinski definition) is 0. The topological polar surface area (TPSA) is 0 Å². The summed E-state index contributed by atoms with van der Waals surface area (Å²) in [7, 11) is 0. The van der Waals surface area contributed by atoms with Crippen LogP contribution in [-0.4, -0.2) is 0 Å². The molecule has 0 atom stereocenters. The Balaban J connectivity index is 0.00000141. The van der Waals surface area contributed by atoms with E-state index in [4.69, 9.17) is 0 Å². The van der Waals surface area contributed by atoms with Crippen LogP contribution in [0.2, 0.25) is 0 Å². The predicted molar refractivity (Wildman–Crippen MR) is 141 cm³/mol. The second kappa shape index (κ2) is 11.1. The van der Waals surface area contributed by atoms with Gasteiger partial charge in [0.2, 0.25) is 0 Å². The molecule has 1 aliphatic rings. The minimum atomic E-state index is -0.0546. The summed E-state index contributed by atoms with van der Waals surface area (Å²) in [5, 5.41) is 0. The molecule has 32 heavy (non-hydrogen) atoms. The maximum absolute atomic E-state index is 3.76. The minimum absolute atomic E-state index is 0.0546. The molecule has 0 heteroatoms. The quantitative estimate of drug-likeness (QED) is 0.250. The van der Waals surface area contributed by atoms with E-state index in [-0.39, 0.29) is 5.41 Å². The largest absolute Gasteiger partial charge is 0.0991 e. The number of unbranched alkanes of at least 4 members (excludes halogenated alkanes) is 3. The number of fused-ring (bicyclic) bond motifs is 3. The van der Waals surface area contributed by atoms with E-state index >= 15 is 0 Å². The smallest absolute Gasteiger partial charge is 0.0463 e. The van der Waals surface area contributed by atoms with Crippen LogP contribution >= 0.6 is 0 Å². The van der Waals surface area contributed by atoms with Crippen molar-refractivity contribution in [3.8, 4) is 11.1 Å². The first kappa shape index (κ1) is 23.8. The third-order valence-corrected chi connectivity index (χ3v) is 6.52. The van der Waals surface area contributed by atoms with Crippen LogP contribution in [0.3, 0.4) is 0 Å². The Morgan fingerprint density at radius 2 is 1.34 bits per heavy atom. The van der Waals surface area contributed by atoms with Crippen molar-refractivity contribution in [3.63, 3.8) is 0 Å². The predicted octanol–water partition coefficient (Wildman–Crippen LogP) is 9.34. The van der Waals surface area contributed by atoms with Crippen molar-refractivity contribution in [1.29, 1.82) is 0 Å². The highest BCUT2D eigenvalue weighted by molar-refractivity contribution is 5.84. The molecule has 0 fully saturated rings. The van der Waals surface area contributed by atoms with Gasteiger partial charge in [-0.05, 0) is 60.9 Å². The van der Waals surface area contributed by atoms with Crippen molar-refractivity contribution in [2.45, 2.75) is 65.2 Å². The van der Waals surface area contributed by atoms with Gasteiger partial charge in [-0.2, -0.15) is 0 Å². The molecule has 4 rings (SSSR count). The van der Waals surface area contributed by atoms with E-state index in [1.165, 1.54) is 58.2 Å². The molecule has 0 amide bonds. The molecule has 0 radical (unpaired) electrons. The van der Waals surface area contributed by atoms with E-state index in [2.05, 4.69) is 99.3 Å². The molecule has 0 saturated carbocycles. The highest BCUT2D eigenvalue weighted by atomic mass is 14.5. The summed E-state index contributed by atoms with van der Waals surface area (Å²) in [5.74, 6) is 0. The van der Waals surface area contributed by atoms with Gasteiger partial charge in [-0.3, -0.25) is 0 Å². The van der Waals surface area contributed by atoms with Gasteiger partial charge in [0.15, 0.2) is 0 Å². The molecule has 0 spiro atoms. The van der Waals surface area contributed by atoms with E-state index in [0.717, 1.165) is 12.8 Å². The molecule has 0 aliphatic heterocycles. The van der Waals surface area contributed by atoms with Crippen molar-refractivity contribution in [3.05, 3.63) is 119 Å². The zero-order valence-corrected chi connectivity index (χ0v) is 20.3. The Morgan fingerprint density at radius 3 is 1.91 bits per heavy atom. The van der Waals surface area contributed by atoms with E-state index in [0.29, 0.717) is 0 Å². The van der Waals surface area contributed by atoms with Crippen LogP contribution in [0.5, 0.6) is 0 Å². The zero-order valence-electron chi connectivity index (χ0n) is 20.3. The molecule has 0 nitrogen and oxygen atoms in total. The zero-order chi connectivity index (χ0) is 23.0. The maximum atomic E-state index is 3.76. The molecule has 0 aromatic heterocycles. The molecule has 0 saturated heterocycles. The Kier molecular flexibility index (Phi) is 8.28. The van der Waals surface area contributed by atoms with Crippen LogP contribution in [0.25, 0.3) is 11.1 Å².